The van der Waals surface area contributed by atoms with Crippen molar-refractivity contribution in [2.75, 3.05) is 44.4 Å². The summed E-state index contributed by atoms with van der Waals surface area (Å²) in [4.78, 5) is 17.0. The highest BCUT2D eigenvalue weighted by Crippen LogP contribution is 2.34. The number of carbonyl (C=O) groups is 1. The molecule has 4 rings (SSSR count). The maximum atomic E-state index is 12.5. The summed E-state index contributed by atoms with van der Waals surface area (Å²) in [5.41, 5.74) is 2.14. The number of carbonyl (C=O) groups excluding carboxylic acids is 1. The molecule has 0 aromatic heterocycles. The second-order valence-corrected chi connectivity index (χ2v) is 7.58. The molecule has 2 aromatic rings. The van der Waals surface area contributed by atoms with Gasteiger partial charge in [0, 0.05) is 36.9 Å². The first-order valence-electron chi connectivity index (χ1n) is 9.50. The van der Waals surface area contributed by atoms with E-state index in [0.29, 0.717) is 6.54 Å². The van der Waals surface area contributed by atoms with Crippen molar-refractivity contribution in [2.45, 2.75) is 13.0 Å². The van der Waals surface area contributed by atoms with E-state index in [4.69, 9.17) is 21.1 Å². The van der Waals surface area contributed by atoms with Gasteiger partial charge in [0.2, 0.25) is 12.7 Å². The number of amides is 1. The van der Waals surface area contributed by atoms with Gasteiger partial charge in [-0.3, -0.25) is 9.69 Å². The van der Waals surface area contributed by atoms with Gasteiger partial charge in [-0.05, 0) is 42.8 Å². The summed E-state index contributed by atoms with van der Waals surface area (Å²) in [6.07, 6.45) is 0. The van der Waals surface area contributed by atoms with Crippen LogP contribution in [0.15, 0.2) is 42.5 Å². The number of rotatable bonds is 5. The molecule has 2 aliphatic rings. The van der Waals surface area contributed by atoms with Gasteiger partial charge >= 0.3 is 0 Å². The molecule has 148 valence electrons. The molecule has 1 amide bonds. The third-order valence-electron chi connectivity index (χ3n) is 5.19. The van der Waals surface area contributed by atoms with E-state index >= 15 is 0 Å². The van der Waals surface area contributed by atoms with Gasteiger partial charge in [0.1, 0.15) is 0 Å². The van der Waals surface area contributed by atoms with Crippen LogP contribution >= 0.6 is 11.6 Å². The molecule has 2 aromatic carbocycles. The third-order valence-corrected chi connectivity index (χ3v) is 5.42. The first-order valence-corrected chi connectivity index (χ1v) is 9.88. The molecule has 1 N–H and O–H groups in total. The average molecular weight is 402 g/mol. The van der Waals surface area contributed by atoms with Crippen molar-refractivity contribution in [3.63, 3.8) is 0 Å². The maximum Gasteiger partial charge on any atom is 0.234 e. The highest BCUT2D eigenvalue weighted by atomic mass is 35.5. The van der Waals surface area contributed by atoms with Gasteiger partial charge in [0.05, 0.1) is 12.6 Å². The summed E-state index contributed by atoms with van der Waals surface area (Å²) >= 11 is 6.09. The van der Waals surface area contributed by atoms with E-state index in [-0.39, 0.29) is 18.7 Å². The highest BCUT2D eigenvalue weighted by molar-refractivity contribution is 6.30. The molecule has 0 radical (unpaired) electrons. The summed E-state index contributed by atoms with van der Waals surface area (Å²) in [7, 11) is 0. The smallest absolute Gasteiger partial charge is 0.234 e. The van der Waals surface area contributed by atoms with Gasteiger partial charge < -0.3 is 19.7 Å². The van der Waals surface area contributed by atoms with E-state index < -0.39 is 0 Å². The Morgan fingerprint density at radius 3 is 2.68 bits per heavy atom. The van der Waals surface area contributed by atoms with E-state index in [2.05, 4.69) is 21.2 Å². The maximum absolute atomic E-state index is 12.5. The number of nitrogens with zero attached hydrogens (tertiary/aromatic N) is 2. The minimum atomic E-state index is -0.0882. The number of benzene rings is 2. The van der Waals surface area contributed by atoms with Crippen molar-refractivity contribution < 1.29 is 14.3 Å². The Labute approximate surface area is 170 Å². The van der Waals surface area contributed by atoms with Crippen molar-refractivity contribution in [1.82, 2.24) is 10.2 Å². The number of anilines is 1. The molecule has 1 atom stereocenters. The summed E-state index contributed by atoms with van der Waals surface area (Å²) in [6, 6.07) is 13.6. The lowest BCUT2D eigenvalue weighted by atomic mass is 10.1. The second kappa shape index (κ2) is 8.29. The van der Waals surface area contributed by atoms with Gasteiger partial charge in [0.15, 0.2) is 11.5 Å². The molecule has 1 saturated heterocycles. The van der Waals surface area contributed by atoms with Gasteiger partial charge in [-0.1, -0.05) is 23.7 Å². The molecule has 0 spiro atoms. The van der Waals surface area contributed by atoms with Crippen LogP contribution in [0.3, 0.4) is 0 Å². The van der Waals surface area contributed by atoms with Crippen molar-refractivity contribution in [3.05, 3.63) is 53.1 Å². The summed E-state index contributed by atoms with van der Waals surface area (Å²) in [6.45, 7) is 6.08. The fraction of sp³-hybridized carbons (Fsp3) is 0.381. The molecule has 0 saturated carbocycles. The monoisotopic (exact) mass is 401 g/mol. The zero-order valence-electron chi connectivity index (χ0n) is 15.9. The Balaban J connectivity index is 1.26. The quantitative estimate of drug-likeness (QED) is 0.834. The van der Waals surface area contributed by atoms with Crippen LogP contribution in [0.1, 0.15) is 18.5 Å². The third kappa shape index (κ3) is 4.34. The molecular weight excluding hydrogens is 378 g/mol. The number of nitrogens with one attached hydrogen (secondary N) is 1. The largest absolute Gasteiger partial charge is 0.454 e. The molecule has 28 heavy (non-hydrogen) atoms. The first kappa shape index (κ1) is 18.9. The number of piperazine rings is 1. The lowest BCUT2D eigenvalue weighted by Crippen LogP contribution is -2.49. The van der Waals surface area contributed by atoms with Crippen molar-refractivity contribution in [3.8, 4) is 11.5 Å². The van der Waals surface area contributed by atoms with Gasteiger partial charge in [-0.25, -0.2) is 0 Å². The zero-order valence-corrected chi connectivity index (χ0v) is 16.6. The summed E-state index contributed by atoms with van der Waals surface area (Å²) in [5, 5.41) is 3.82. The summed E-state index contributed by atoms with van der Waals surface area (Å²) < 4.78 is 10.7. The molecule has 0 bridgehead atoms. The van der Waals surface area contributed by atoms with Crippen molar-refractivity contribution >= 4 is 23.2 Å². The lowest BCUT2D eigenvalue weighted by Gasteiger charge is -2.36. The van der Waals surface area contributed by atoms with Crippen LogP contribution in [0.25, 0.3) is 0 Å². The van der Waals surface area contributed by atoms with E-state index in [1.54, 1.807) is 0 Å². The van der Waals surface area contributed by atoms with Gasteiger partial charge in [-0.2, -0.15) is 0 Å². The number of hydrogen-bond donors (Lipinski definition) is 1. The Hall–Kier alpha value is -2.44. The molecule has 0 aliphatic carbocycles. The SMILES string of the molecule is C[C@H](NC(=O)CN1CCN(c2cccc(Cl)c2)CC1)c1ccc2c(c1)OCO2. The van der Waals surface area contributed by atoms with Crippen molar-refractivity contribution in [1.29, 1.82) is 0 Å². The Morgan fingerprint density at radius 2 is 1.89 bits per heavy atom. The predicted octanol–water partition coefficient (Wildman–Crippen LogP) is 3.07. The number of halogens is 1. The Kier molecular flexibility index (Phi) is 5.59. The molecule has 2 heterocycles. The molecular formula is C21H24ClN3O3. The number of fused-ring (bicyclic) bond motifs is 1. The molecule has 2 aliphatic heterocycles. The molecule has 7 heteroatoms. The molecule has 0 unspecified atom stereocenters. The second-order valence-electron chi connectivity index (χ2n) is 7.14. The lowest BCUT2D eigenvalue weighted by molar-refractivity contribution is -0.123. The van der Waals surface area contributed by atoms with Crippen LogP contribution in [0, 0.1) is 0 Å². The van der Waals surface area contributed by atoms with Crippen LogP contribution < -0.4 is 19.7 Å². The van der Waals surface area contributed by atoms with E-state index in [9.17, 15) is 4.79 Å². The normalized spacial score (nSPS) is 17.4. The minimum Gasteiger partial charge on any atom is -0.454 e. The topological polar surface area (TPSA) is 54.0 Å². The predicted molar refractivity (Wildman–Crippen MR) is 109 cm³/mol. The highest BCUT2D eigenvalue weighted by Gasteiger charge is 2.21. The minimum absolute atomic E-state index is 0.0290. The standard InChI is InChI=1S/C21H24ClN3O3/c1-15(16-5-6-19-20(11-16)28-14-27-19)23-21(26)13-24-7-9-25(10-8-24)18-4-2-3-17(22)12-18/h2-6,11-12,15H,7-10,13-14H2,1H3,(H,23,26)/t15-/m0/s1. The Morgan fingerprint density at radius 1 is 1.11 bits per heavy atom. The van der Waals surface area contributed by atoms with Crippen LogP contribution in [-0.2, 0) is 4.79 Å². The van der Waals surface area contributed by atoms with Gasteiger partial charge in [-0.15, -0.1) is 0 Å². The fourth-order valence-electron chi connectivity index (χ4n) is 3.59. The van der Waals surface area contributed by atoms with Crippen LogP contribution in [0.4, 0.5) is 5.69 Å². The van der Waals surface area contributed by atoms with Crippen LogP contribution in [0.5, 0.6) is 11.5 Å². The van der Waals surface area contributed by atoms with E-state index in [0.717, 1.165) is 54.0 Å². The fourth-order valence-corrected chi connectivity index (χ4v) is 3.78. The first-order chi connectivity index (χ1) is 13.6. The van der Waals surface area contributed by atoms with Crippen LogP contribution in [0.2, 0.25) is 5.02 Å². The van der Waals surface area contributed by atoms with Crippen LogP contribution in [-0.4, -0.2) is 50.3 Å². The summed E-state index contributed by atoms with van der Waals surface area (Å²) in [5.74, 6) is 1.51. The van der Waals surface area contributed by atoms with Crippen molar-refractivity contribution in [2.24, 2.45) is 0 Å². The number of ether oxygens (including phenoxy) is 2. The zero-order chi connectivity index (χ0) is 19.5. The number of hydrogen-bond acceptors (Lipinski definition) is 5. The van der Waals surface area contributed by atoms with E-state index in [1.165, 1.54) is 0 Å². The molecule has 1 fully saturated rings. The average Bonchev–Trinajstić information content (AvgIpc) is 3.16. The Bertz CT molecular complexity index is 853. The molecule has 6 nitrogen and oxygen atoms in total. The van der Waals surface area contributed by atoms with Gasteiger partial charge in [0.25, 0.3) is 0 Å². The van der Waals surface area contributed by atoms with E-state index in [1.807, 2.05) is 43.3 Å².